The van der Waals surface area contributed by atoms with E-state index in [0.717, 1.165) is 0 Å². The lowest BCUT2D eigenvalue weighted by molar-refractivity contribution is 0.532. The second kappa shape index (κ2) is 4.40. The molecule has 54 valence electrons. The highest BCUT2D eigenvalue weighted by atomic mass is 31.1. The van der Waals surface area contributed by atoms with Crippen molar-refractivity contribution in [3.8, 4) is 0 Å². The van der Waals surface area contributed by atoms with Crippen LogP contribution in [-0.2, 0) is 0 Å². The molecule has 0 aliphatic rings. The van der Waals surface area contributed by atoms with Gasteiger partial charge in [0.25, 0.3) is 0 Å². The van der Waals surface area contributed by atoms with Crippen molar-refractivity contribution in [1.29, 1.82) is 0 Å². The highest BCUT2D eigenvalue weighted by Crippen LogP contribution is 2.07. The van der Waals surface area contributed by atoms with E-state index in [2.05, 4.69) is 0 Å². The molecule has 0 aliphatic carbocycles. The van der Waals surface area contributed by atoms with Crippen LogP contribution >= 0.6 is 8.58 Å². The second-order valence-corrected chi connectivity index (χ2v) is 3.41. The molecule has 0 bridgehead atoms. The Morgan fingerprint density at radius 1 is 1.20 bits per heavy atom. The maximum atomic E-state index is 11.7. The molecule has 1 rings (SSSR count). The lowest BCUT2D eigenvalue weighted by atomic mass is 10.4. The van der Waals surface area contributed by atoms with Crippen molar-refractivity contribution in [3.63, 3.8) is 0 Å². The fourth-order valence-corrected chi connectivity index (χ4v) is 1.56. The Morgan fingerprint density at radius 3 is 2.50 bits per heavy atom. The molecule has 1 unspecified atom stereocenters. The van der Waals surface area contributed by atoms with Gasteiger partial charge in [-0.15, -0.1) is 0 Å². The van der Waals surface area contributed by atoms with Crippen LogP contribution in [0.2, 0.25) is 0 Å². The number of hydrogen-bond donors (Lipinski definition) is 0. The van der Waals surface area contributed by atoms with Gasteiger partial charge in [-0.3, -0.25) is 4.39 Å². The Bertz CT molecular complexity index is 174. The van der Waals surface area contributed by atoms with E-state index in [4.69, 9.17) is 0 Å². The number of rotatable bonds is 3. The van der Waals surface area contributed by atoms with Crippen molar-refractivity contribution in [3.05, 3.63) is 30.3 Å². The third-order valence-electron chi connectivity index (χ3n) is 1.20. The van der Waals surface area contributed by atoms with E-state index in [0.29, 0.717) is 14.7 Å². The first kappa shape index (κ1) is 7.68. The molecule has 0 heterocycles. The summed E-state index contributed by atoms with van der Waals surface area (Å²) in [4.78, 5) is 0. The first-order valence-corrected chi connectivity index (χ1v) is 4.49. The fourth-order valence-electron chi connectivity index (χ4n) is 0.748. The van der Waals surface area contributed by atoms with Crippen molar-refractivity contribution in [2.75, 3.05) is 12.8 Å². The quantitative estimate of drug-likeness (QED) is 0.587. The molecule has 0 nitrogen and oxygen atoms in total. The molecule has 2 heteroatoms. The highest BCUT2D eigenvalue weighted by molar-refractivity contribution is 7.47. The van der Waals surface area contributed by atoms with E-state index in [9.17, 15) is 4.39 Å². The highest BCUT2D eigenvalue weighted by Gasteiger charge is 1.88. The van der Waals surface area contributed by atoms with Crippen molar-refractivity contribution in [1.82, 2.24) is 0 Å². The Balaban J connectivity index is 2.43. The van der Waals surface area contributed by atoms with Crippen LogP contribution in [0.4, 0.5) is 4.39 Å². The number of halogens is 1. The minimum Gasteiger partial charge on any atom is -0.251 e. The second-order valence-electron chi connectivity index (χ2n) is 1.98. The van der Waals surface area contributed by atoms with Crippen molar-refractivity contribution < 1.29 is 4.39 Å². The molecule has 0 spiro atoms. The topological polar surface area (TPSA) is 0 Å². The Hall–Kier alpha value is -0.420. The molecule has 0 fully saturated rings. The molecular weight excluding hydrogens is 146 g/mol. The summed E-state index contributed by atoms with van der Waals surface area (Å²) in [7, 11) is 0.629. The third kappa shape index (κ3) is 2.45. The number of alkyl halides is 1. The number of benzene rings is 1. The Labute approximate surface area is 62.2 Å². The summed E-state index contributed by atoms with van der Waals surface area (Å²) in [6.45, 7) is -0.201. The van der Waals surface area contributed by atoms with Gasteiger partial charge in [0.1, 0.15) is 0 Å². The van der Waals surface area contributed by atoms with Gasteiger partial charge < -0.3 is 0 Å². The molecule has 0 aliphatic heterocycles. The standard InChI is InChI=1S/C8H10FP/c9-6-7-10-8-4-2-1-3-5-8/h1-5,10H,6-7H2. The summed E-state index contributed by atoms with van der Waals surface area (Å²) in [5.74, 6) is 0. The maximum absolute atomic E-state index is 11.7. The molecule has 0 saturated heterocycles. The van der Waals surface area contributed by atoms with Gasteiger partial charge in [0.2, 0.25) is 0 Å². The predicted molar refractivity (Wildman–Crippen MR) is 45.2 cm³/mol. The molecule has 0 aromatic heterocycles. The van der Waals surface area contributed by atoms with Gasteiger partial charge in [-0.25, -0.2) is 0 Å². The van der Waals surface area contributed by atoms with Crippen LogP contribution in [0.25, 0.3) is 0 Å². The van der Waals surface area contributed by atoms with Gasteiger partial charge in [0, 0.05) is 0 Å². The molecule has 0 N–H and O–H groups in total. The van der Waals surface area contributed by atoms with Crippen LogP contribution in [0, 0.1) is 0 Å². The molecule has 1 aromatic rings. The first-order valence-electron chi connectivity index (χ1n) is 3.28. The van der Waals surface area contributed by atoms with Crippen molar-refractivity contribution in [2.24, 2.45) is 0 Å². The summed E-state index contributed by atoms with van der Waals surface area (Å²) in [5.41, 5.74) is 0. The van der Waals surface area contributed by atoms with Crippen LogP contribution in [0.1, 0.15) is 0 Å². The average molecular weight is 156 g/mol. The van der Waals surface area contributed by atoms with E-state index in [1.807, 2.05) is 30.3 Å². The van der Waals surface area contributed by atoms with Crippen LogP contribution in [0.3, 0.4) is 0 Å². The zero-order valence-corrected chi connectivity index (χ0v) is 6.68. The Kier molecular flexibility index (Phi) is 3.38. The zero-order chi connectivity index (χ0) is 7.23. The van der Waals surface area contributed by atoms with Gasteiger partial charge in [-0.2, -0.15) is 0 Å². The van der Waals surface area contributed by atoms with Gasteiger partial charge in [0.15, 0.2) is 0 Å². The van der Waals surface area contributed by atoms with E-state index in [1.165, 1.54) is 5.30 Å². The van der Waals surface area contributed by atoms with Crippen molar-refractivity contribution in [2.45, 2.75) is 0 Å². The van der Waals surface area contributed by atoms with Crippen molar-refractivity contribution >= 4 is 13.9 Å². The monoisotopic (exact) mass is 156 g/mol. The molecule has 0 amide bonds. The van der Waals surface area contributed by atoms with Crippen LogP contribution in [0.15, 0.2) is 30.3 Å². The smallest absolute Gasteiger partial charge is 0.0934 e. The van der Waals surface area contributed by atoms with Gasteiger partial charge in [0.05, 0.1) is 6.67 Å². The number of hydrogen-bond acceptors (Lipinski definition) is 0. The summed E-state index contributed by atoms with van der Waals surface area (Å²) in [5, 5.41) is 1.25. The predicted octanol–water partition coefficient (Wildman–Crippen LogP) is 1.96. The van der Waals surface area contributed by atoms with Crippen LogP contribution < -0.4 is 5.30 Å². The fraction of sp³-hybridized carbons (Fsp3) is 0.250. The molecule has 10 heavy (non-hydrogen) atoms. The van der Waals surface area contributed by atoms with E-state index >= 15 is 0 Å². The van der Waals surface area contributed by atoms with E-state index in [-0.39, 0.29) is 6.67 Å². The third-order valence-corrected chi connectivity index (χ3v) is 2.38. The van der Waals surface area contributed by atoms with Crippen LogP contribution in [0.5, 0.6) is 0 Å². The molecule has 1 atom stereocenters. The minimum atomic E-state index is -0.201. The van der Waals surface area contributed by atoms with Gasteiger partial charge in [-0.1, -0.05) is 38.9 Å². The largest absolute Gasteiger partial charge is 0.251 e. The van der Waals surface area contributed by atoms with Crippen LogP contribution in [-0.4, -0.2) is 12.8 Å². The lowest BCUT2D eigenvalue weighted by Crippen LogP contribution is -1.93. The summed E-state index contributed by atoms with van der Waals surface area (Å²) >= 11 is 0. The van der Waals surface area contributed by atoms with E-state index in [1.54, 1.807) is 0 Å². The zero-order valence-electron chi connectivity index (χ0n) is 5.68. The van der Waals surface area contributed by atoms with Gasteiger partial charge >= 0.3 is 0 Å². The van der Waals surface area contributed by atoms with Gasteiger partial charge in [-0.05, 0) is 11.5 Å². The Morgan fingerprint density at radius 2 is 1.90 bits per heavy atom. The summed E-state index contributed by atoms with van der Waals surface area (Å²) in [6.07, 6.45) is 0.671. The molecular formula is C8H10FP. The lowest BCUT2D eigenvalue weighted by Gasteiger charge is -1.95. The SMILES string of the molecule is FCCPc1ccccc1. The minimum absolute atomic E-state index is 0.201. The maximum Gasteiger partial charge on any atom is 0.0934 e. The normalized spacial score (nSPS) is 10.9. The summed E-state index contributed by atoms with van der Waals surface area (Å²) in [6, 6.07) is 10.0. The summed E-state index contributed by atoms with van der Waals surface area (Å²) < 4.78 is 11.7. The molecule has 0 radical (unpaired) electrons. The average Bonchev–Trinajstić information content (AvgIpc) is 2.03. The van der Waals surface area contributed by atoms with E-state index < -0.39 is 0 Å². The molecule has 1 aromatic carbocycles. The first-order chi connectivity index (χ1) is 4.93. The molecule has 0 saturated carbocycles.